The van der Waals surface area contributed by atoms with Gasteiger partial charge in [-0.15, -0.1) is 0 Å². The Morgan fingerprint density at radius 3 is 2.09 bits per heavy atom. The van der Waals surface area contributed by atoms with E-state index in [4.69, 9.17) is 10.8 Å². The van der Waals surface area contributed by atoms with E-state index in [9.17, 15) is 0 Å². The summed E-state index contributed by atoms with van der Waals surface area (Å²) in [5, 5.41) is 8.79. The predicted molar refractivity (Wildman–Crippen MR) is 43.3 cm³/mol. The molecule has 1 aromatic carbocycles. The van der Waals surface area contributed by atoms with Gasteiger partial charge in [0, 0.05) is 0 Å². The second kappa shape index (κ2) is 3.83. The summed E-state index contributed by atoms with van der Waals surface area (Å²) in [7, 11) is 0. The number of hydrogen-bond donors (Lipinski definition) is 2. The molecule has 0 bridgehead atoms. The minimum absolute atomic E-state index is 0.146. The summed E-state index contributed by atoms with van der Waals surface area (Å²) in [5.74, 6) is 0.146. The van der Waals surface area contributed by atoms with Crippen LogP contribution in [-0.4, -0.2) is 18.3 Å². The Morgan fingerprint density at radius 1 is 1.27 bits per heavy atom. The quantitative estimate of drug-likeness (QED) is 0.332. The average molecular weight is 153 g/mol. The number of nitrogens with two attached hydrogens (primary N) is 1. The Morgan fingerprint density at radius 2 is 1.82 bits per heavy atom. The first-order valence-electron chi connectivity index (χ1n) is 3.42. The number of hydrogen-bond acceptors (Lipinski definition) is 3. The van der Waals surface area contributed by atoms with Crippen molar-refractivity contribution in [2.75, 3.05) is 18.9 Å². The van der Waals surface area contributed by atoms with Crippen molar-refractivity contribution in [3.8, 4) is 5.75 Å². The summed E-state index contributed by atoms with van der Waals surface area (Å²) in [4.78, 5) is 0. The molecule has 3 nitrogen and oxygen atoms in total. The Labute approximate surface area is 65.4 Å². The van der Waals surface area contributed by atoms with Crippen LogP contribution in [0.15, 0.2) is 24.3 Å². The molecule has 0 atom stereocenters. The van der Waals surface area contributed by atoms with Crippen molar-refractivity contribution in [1.82, 2.24) is 0 Å². The zero-order chi connectivity index (χ0) is 8.10. The molecule has 1 aliphatic heterocycles. The topological polar surface area (TPSA) is 58.8 Å². The van der Waals surface area contributed by atoms with E-state index >= 15 is 0 Å². The van der Waals surface area contributed by atoms with Gasteiger partial charge in [0.05, 0.1) is 18.9 Å². The summed E-state index contributed by atoms with van der Waals surface area (Å²) < 4.78 is 4.50. The lowest BCUT2D eigenvalue weighted by molar-refractivity contribution is 0.475. The van der Waals surface area contributed by atoms with Crippen molar-refractivity contribution < 1.29 is 9.84 Å². The summed E-state index contributed by atoms with van der Waals surface area (Å²) in [6, 6.07) is 6.70. The van der Waals surface area contributed by atoms with Crippen molar-refractivity contribution in [3.05, 3.63) is 24.3 Å². The number of epoxide rings is 1. The van der Waals surface area contributed by atoms with E-state index < -0.39 is 0 Å². The van der Waals surface area contributed by atoms with Gasteiger partial charge in [-0.05, 0) is 12.1 Å². The number of nitrogen functional groups attached to an aromatic ring is 1. The molecule has 0 amide bonds. The van der Waals surface area contributed by atoms with E-state index in [1.807, 2.05) is 0 Å². The van der Waals surface area contributed by atoms with Crippen LogP contribution in [0.5, 0.6) is 5.75 Å². The van der Waals surface area contributed by atoms with Gasteiger partial charge in [-0.1, -0.05) is 12.1 Å². The van der Waals surface area contributed by atoms with Gasteiger partial charge in [-0.3, -0.25) is 0 Å². The Hall–Kier alpha value is -1.22. The van der Waals surface area contributed by atoms with E-state index in [1.165, 1.54) is 0 Å². The Balaban J connectivity index is 0.000000167. The van der Waals surface area contributed by atoms with Gasteiger partial charge in [0.25, 0.3) is 0 Å². The van der Waals surface area contributed by atoms with E-state index in [2.05, 4.69) is 4.74 Å². The molecule has 3 heteroatoms. The molecule has 3 N–H and O–H groups in total. The number of anilines is 1. The van der Waals surface area contributed by atoms with Gasteiger partial charge in [-0.2, -0.15) is 0 Å². The number of phenols is 1. The molecule has 60 valence electrons. The van der Waals surface area contributed by atoms with Gasteiger partial charge in [0.15, 0.2) is 0 Å². The van der Waals surface area contributed by atoms with Crippen LogP contribution in [-0.2, 0) is 4.74 Å². The monoisotopic (exact) mass is 153 g/mol. The normalized spacial score (nSPS) is 13.1. The zero-order valence-corrected chi connectivity index (χ0v) is 6.16. The maximum absolute atomic E-state index is 8.79. The van der Waals surface area contributed by atoms with E-state index in [0.717, 1.165) is 13.2 Å². The number of rotatable bonds is 0. The first-order valence-corrected chi connectivity index (χ1v) is 3.42. The minimum atomic E-state index is 0.146. The van der Waals surface area contributed by atoms with Crippen LogP contribution in [0.3, 0.4) is 0 Å². The lowest BCUT2D eigenvalue weighted by atomic mass is 10.3. The van der Waals surface area contributed by atoms with Crippen LogP contribution in [0.25, 0.3) is 0 Å². The molecule has 0 unspecified atom stereocenters. The molecular formula is C8H11NO2. The molecule has 1 saturated heterocycles. The lowest BCUT2D eigenvalue weighted by Gasteiger charge is -1.92. The smallest absolute Gasteiger partial charge is 0.138 e. The van der Waals surface area contributed by atoms with Crippen molar-refractivity contribution in [2.45, 2.75) is 0 Å². The number of ether oxygens (including phenoxy) is 1. The molecule has 2 rings (SSSR count). The van der Waals surface area contributed by atoms with Crippen molar-refractivity contribution in [1.29, 1.82) is 0 Å². The highest BCUT2D eigenvalue weighted by molar-refractivity contribution is 5.50. The summed E-state index contributed by atoms with van der Waals surface area (Å²) in [5.41, 5.74) is 5.69. The van der Waals surface area contributed by atoms with Crippen LogP contribution in [0, 0.1) is 0 Å². The fourth-order valence-corrected chi connectivity index (χ4v) is 0.488. The highest BCUT2D eigenvalue weighted by atomic mass is 16.6. The lowest BCUT2D eigenvalue weighted by Crippen LogP contribution is -1.82. The number of para-hydroxylation sites is 2. The first kappa shape index (κ1) is 7.88. The molecule has 11 heavy (non-hydrogen) atoms. The summed E-state index contributed by atoms with van der Waals surface area (Å²) in [6.07, 6.45) is 0. The standard InChI is InChI=1S/C6H7NO.C2H4O/c7-5-3-1-2-4-6(5)8;1-2-3-1/h1-4,8H,7H2;1-2H2. The maximum Gasteiger partial charge on any atom is 0.138 e. The second-order valence-electron chi connectivity index (χ2n) is 2.17. The SMILES string of the molecule is C1CO1.Nc1ccccc1O. The van der Waals surface area contributed by atoms with Crippen molar-refractivity contribution in [3.63, 3.8) is 0 Å². The molecule has 0 aromatic heterocycles. The van der Waals surface area contributed by atoms with Crippen molar-refractivity contribution >= 4 is 5.69 Å². The molecule has 0 radical (unpaired) electrons. The maximum atomic E-state index is 8.79. The number of aromatic hydroxyl groups is 1. The Bertz CT molecular complexity index is 199. The third-order valence-corrected chi connectivity index (χ3v) is 1.14. The molecular weight excluding hydrogens is 142 g/mol. The molecule has 1 heterocycles. The van der Waals surface area contributed by atoms with Crippen LogP contribution in [0.2, 0.25) is 0 Å². The van der Waals surface area contributed by atoms with Crippen molar-refractivity contribution in [2.24, 2.45) is 0 Å². The second-order valence-corrected chi connectivity index (χ2v) is 2.17. The van der Waals surface area contributed by atoms with Gasteiger partial charge < -0.3 is 15.6 Å². The van der Waals surface area contributed by atoms with Crippen LogP contribution < -0.4 is 5.73 Å². The molecule has 0 aliphatic carbocycles. The average Bonchev–Trinajstić information content (AvgIpc) is 2.80. The molecule has 1 aliphatic rings. The highest BCUT2D eigenvalue weighted by Gasteiger charge is 1.94. The zero-order valence-electron chi connectivity index (χ0n) is 6.16. The first-order chi connectivity index (χ1) is 5.30. The molecule has 1 fully saturated rings. The van der Waals surface area contributed by atoms with Gasteiger partial charge in [0.2, 0.25) is 0 Å². The van der Waals surface area contributed by atoms with E-state index in [-0.39, 0.29) is 5.75 Å². The summed E-state index contributed by atoms with van der Waals surface area (Å²) in [6.45, 7) is 2.00. The largest absolute Gasteiger partial charge is 0.506 e. The van der Waals surface area contributed by atoms with E-state index in [0.29, 0.717) is 5.69 Å². The molecule has 0 spiro atoms. The van der Waals surface area contributed by atoms with E-state index in [1.54, 1.807) is 24.3 Å². The van der Waals surface area contributed by atoms with Gasteiger partial charge >= 0.3 is 0 Å². The van der Waals surface area contributed by atoms with Crippen LogP contribution >= 0.6 is 0 Å². The number of phenolic OH excluding ortho intramolecular Hbond substituents is 1. The van der Waals surface area contributed by atoms with Gasteiger partial charge in [-0.25, -0.2) is 0 Å². The van der Waals surface area contributed by atoms with Gasteiger partial charge in [0.1, 0.15) is 5.75 Å². The minimum Gasteiger partial charge on any atom is -0.506 e. The third kappa shape index (κ3) is 3.47. The van der Waals surface area contributed by atoms with Crippen LogP contribution in [0.1, 0.15) is 0 Å². The predicted octanol–water partition coefficient (Wildman–Crippen LogP) is 0.991. The fourth-order valence-electron chi connectivity index (χ4n) is 0.488. The highest BCUT2D eigenvalue weighted by Crippen LogP contribution is 2.16. The number of benzene rings is 1. The summed E-state index contributed by atoms with van der Waals surface area (Å²) >= 11 is 0. The third-order valence-electron chi connectivity index (χ3n) is 1.14. The molecule has 1 aromatic rings. The fraction of sp³-hybridized carbons (Fsp3) is 0.250. The Kier molecular flexibility index (Phi) is 2.74. The molecule has 0 saturated carbocycles. The van der Waals surface area contributed by atoms with Crippen LogP contribution in [0.4, 0.5) is 5.69 Å².